The van der Waals surface area contributed by atoms with Gasteiger partial charge in [0.05, 0.1) is 12.6 Å². The lowest BCUT2D eigenvalue weighted by Gasteiger charge is -2.22. The van der Waals surface area contributed by atoms with Crippen LogP contribution in [0.15, 0.2) is 24.3 Å². The Bertz CT molecular complexity index is 382. The fraction of sp³-hybridized carbons (Fsp3) is 0.417. The van der Waals surface area contributed by atoms with Crippen molar-refractivity contribution in [3.63, 3.8) is 0 Å². The number of hydrogen-bond acceptors (Lipinski definition) is 4. The normalized spacial score (nSPS) is 12.6. The number of aliphatic hydroxyl groups is 1. The lowest BCUT2D eigenvalue weighted by molar-refractivity contribution is -0.119. The molecule has 0 fully saturated rings. The SMILES string of the molecule is CCN(CC(N)=O)CC(O)c1cccc(N)c1. The van der Waals surface area contributed by atoms with E-state index in [1.54, 1.807) is 29.2 Å². The van der Waals surface area contributed by atoms with Crippen LogP contribution in [0.25, 0.3) is 0 Å². The van der Waals surface area contributed by atoms with E-state index in [2.05, 4.69) is 0 Å². The molecule has 0 saturated carbocycles. The Kier molecular flexibility index (Phi) is 4.93. The number of hydrogen-bond donors (Lipinski definition) is 3. The van der Waals surface area contributed by atoms with Gasteiger partial charge in [-0.3, -0.25) is 9.69 Å². The van der Waals surface area contributed by atoms with Crippen molar-refractivity contribution < 1.29 is 9.90 Å². The molecule has 0 spiro atoms. The minimum absolute atomic E-state index is 0.149. The van der Waals surface area contributed by atoms with E-state index in [1.807, 2.05) is 6.92 Å². The van der Waals surface area contributed by atoms with Crippen molar-refractivity contribution in [3.8, 4) is 0 Å². The smallest absolute Gasteiger partial charge is 0.231 e. The minimum atomic E-state index is -0.669. The van der Waals surface area contributed by atoms with Gasteiger partial charge in [-0.2, -0.15) is 0 Å². The predicted octanol–water partition coefficient (Wildman–Crippen LogP) is 0.109. The number of rotatable bonds is 6. The van der Waals surface area contributed by atoms with Gasteiger partial charge >= 0.3 is 0 Å². The molecule has 1 atom stereocenters. The summed E-state index contributed by atoms with van der Waals surface area (Å²) in [6, 6.07) is 7.08. The summed E-state index contributed by atoms with van der Waals surface area (Å²) in [6.45, 7) is 3.08. The Balaban J connectivity index is 2.63. The van der Waals surface area contributed by atoms with Crippen LogP contribution < -0.4 is 11.5 Å². The number of nitrogen functional groups attached to an aromatic ring is 1. The molecule has 0 radical (unpaired) electrons. The van der Waals surface area contributed by atoms with Gasteiger partial charge in [0, 0.05) is 12.2 Å². The van der Waals surface area contributed by atoms with Crippen LogP contribution in [0.1, 0.15) is 18.6 Å². The molecule has 0 bridgehead atoms. The zero-order valence-electron chi connectivity index (χ0n) is 9.97. The molecule has 1 aromatic carbocycles. The second-order valence-corrected chi connectivity index (χ2v) is 3.98. The summed E-state index contributed by atoms with van der Waals surface area (Å²) in [4.78, 5) is 12.6. The lowest BCUT2D eigenvalue weighted by Crippen LogP contribution is -2.36. The van der Waals surface area contributed by atoms with Gasteiger partial charge in [-0.15, -0.1) is 0 Å². The van der Waals surface area contributed by atoms with Gasteiger partial charge in [0.2, 0.25) is 5.91 Å². The van der Waals surface area contributed by atoms with Crippen LogP contribution >= 0.6 is 0 Å². The average molecular weight is 237 g/mol. The van der Waals surface area contributed by atoms with Crippen LogP contribution in [0.2, 0.25) is 0 Å². The van der Waals surface area contributed by atoms with Crippen LogP contribution in [0.4, 0.5) is 5.69 Å². The molecule has 5 N–H and O–H groups in total. The van der Waals surface area contributed by atoms with E-state index < -0.39 is 12.0 Å². The molecule has 0 heterocycles. The maximum atomic E-state index is 10.8. The molecule has 5 heteroatoms. The first-order chi connectivity index (χ1) is 8.02. The Labute approximate surface area is 101 Å². The Morgan fingerprint density at radius 3 is 2.76 bits per heavy atom. The Morgan fingerprint density at radius 2 is 2.24 bits per heavy atom. The Morgan fingerprint density at radius 1 is 1.53 bits per heavy atom. The third-order valence-corrected chi connectivity index (χ3v) is 2.55. The van der Waals surface area contributed by atoms with Crippen LogP contribution in [-0.4, -0.2) is 35.5 Å². The van der Waals surface area contributed by atoms with Crippen molar-refractivity contribution in [1.82, 2.24) is 4.90 Å². The number of nitrogens with two attached hydrogens (primary N) is 2. The number of carbonyl (C=O) groups is 1. The van der Waals surface area contributed by atoms with Gasteiger partial charge in [-0.25, -0.2) is 0 Å². The molecule has 0 aliphatic carbocycles. The van der Waals surface area contributed by atoms with Gasteiger partial charge in [0.25, 0.3) is 0 Å². The molecule has 1 unspecified atom stereocenters. The van der Waals surface area contributed by atoms with Gasteiger partial charge < -0.3 is 16.6 Å². The summed E-state index contributed by atoms with van der Waals surface area (Å²) in [5.41, 5.74) is 12.1. The number of primary amides is 1. The fourth-order valence-corrected chi connectivity index (χ4v) is 1.64. The van der Waals surface area contributed by atoms with Crippen LogP contribution in [-0.2, 0) is 4.79 Å². The zero-order chi connectivity index (χ0) is 12.8. The molecule has 1 amide bonds. The fourth-order valence-electron chi connectivity index (χ4n) is 1.64. The third kappa shape index (κ3) is 4.42. The number of anilines is 1. The van der Waals surface area contributed by atoms with Gasteiger partial charge in [-0.05, 0) is 24.2 Å². The summed E-state index contributed by atoms with van der Waals surface area (Å²) in [5, 5.41) is 10.0. The van der Waals surface area contributed by atoms with Gasteiger partial charge in [0.1, 0.15) is 0 Å². The molecule has 0 aliphatic heterocycles. The van der Waals surface area contributed by atoms with Gasteiger partial charge in [-0.1, -0.05) is 19.1 Å². The molecule has 5 nitrogen and oxygen atoms in total. The summed E-state index contributed by atoms with van der Waals surface area (Å²) in [5.74, 6) is -0.397. The highest BCUT2D eigenvalue weighted by Gasteiger charge is 2.13. The topological polar surface area (TPSA) is 92.6 Å². The van der Waals surface area contributed by atoms with E-state index in [-0.39, 0.29) is 6.54 Å². The van der Waals surface area contributed by atoms with E-state index in [4.69, 9.17) is 11.5 Å². The highest BCUT2D eigenvalue weighted by Crippen LogP contribution is 2.16. The first kappa shape index (κ1) is 13.5. The minimum Gasteiger partial charge on any atom is -0.399 e. The zero-order valence-corrected chi connectivity index (χ0v) is 9.97. The highest BCUT2D eigenvalue weighted by atomic mass is 16.3. The highest BCUT2D eigenvalue weighted by molar-refractivity contribution is 5.75. The van der Waals surface area contributed by atoms with Crippen LogP contribution in [0.5, 0.6) is 0 Å². The average Bonchev–Trinajstić information content (AvgIpc) is 2.27. The van der Waals surface area contributed by atoms with E-state index in [1.165, 1.54) is 0 Å². The van der Waals surface area contributed by atoms with Crippen molar-refractivity contribution in [1.29, 1.82) is 0 Å². The molecule has 0 aromatic heterocycles. The van der Waals surface area contributed by atoms with Crippen molar-refractivity contribution in [3.05, 3.63) is 29.8 Å². The molecule has 0 aliphatic rings. The van der Waals surface area contributed by atoms with E-state index in [0.29, 0.717) is 18.8 Å². The number of carbonyl (C=O) groups excluding carboxylic acids is 1. The second kappa shape index (κ2) is 6.22. The van der Waals surface area contributed by atoms with E-state index >= 15 is 0 Å². The number of nitrogens with zero attached hydrogens (tertiary/aromatic N) is 1. The molecule has 1 aromatic rings. The molecular weight excluding hydrogens is 218 g/mol. The number of benzene rings is 1. The number of aliphatic hydroxyl groups excluding tert-OH is 1. The molecule has 94 valence electrons. The predicted molar refractivity (Wildman–Crippen MR) is 67.1 cm³/mol. The van der Waals surface area contributed by atoms with E-state index in [0.717, 1.165) is 5.56 Å². The van der Waals surface area contributed by atoms with Crippen LogP contribution in [0.3, 0.4) is 0 Å². The van der Waals surface area contributed by atoms with Crippen molar-refractivity contribution in [2.24, 2.45) is 5.73 Å². The summed E-state index contributed by atoms with van der Waals surface area (Å²) in [7, 11) is 0. The molecule has 17 heavy (non-hydrogen) atoms. The second-order valence-electron chi connectivity index (χ2n) is 3.98. The summed E-state index contributed by atoms with van der Waals surface area (Å²) >= 11 is 0. The quantitative estimate of drug-likeness (QED) is 0.612. The van der Waals surface area contributed by atoms with E-state index in [9.17, 15) is 9.90 Å². The largest absolute Gasteiger partial charge is 0.399 e. The third-order valence-electron chi connectivity index (χ3n) is 2.55. The molecule has 0 saturated heterocycles. The van der Waals surface area contributed by atoms with Crippen LogP contribution in [0, 0.1) is 0 Å². The van der Waals surface area contributed by atoms with Crippen molar-refractivity contribution >= 4 is 11.6 Å². The number of likely N-dealkylation sites (N-methyl/N-ethyl adjacent to an activating group) is 1. The van der Waals surface area contributed by atoms with Crippen molar-refractivity contribution in [2.45, 2.75) is 13.0 Å². The maximum absolute atomic E-state index is 10.8. The van der Waals surface area contributed by atoms with Crippen molar-refractivity contribution in [2.75, 3.05) is 25.4 Å². The van der Waals surface area contributed by atoms with Gasteiger partial charge in [0.15, 0.2) is 0 Å². The summed E-state index contributed by atoms with van der Waals surface area (Å²) in [6.07, 6.45) is -0.669. The first-order valence-electron chi connectivity index (χ1n) is 5.57. The molecule has 1 rings (SSSR count). The summed E-state index contributed by atoms with van der Waals surface area (Å²) < 4.78 is 0. The lowest BCUT2D eigenvalue weighted by atomic mass is 10.1. The monoisotopic (exact) mass is 237 g/mol. The maximum Gasteiger partial charge on any atom is 0.231 e. The standard InChI is InChI=1S/C12H19N3O2/c1-2-15(8-12(14)17)7-11(16)9-4-3-5-10(13)6-9/h3-6,11,16H,2,7-8,13H2,1H3,(H2,14,17). The molecular formula is C12H19N3O2. The number of amides is 1. The first-order valence-corrected chi connectivity index (χ1v) is 5.57. The Hall–Kier alpha value is -1.59.